The summed E-state index contributed by atoms with van der Waals surface area (Å²) in [6.07, 6.45) is 5.58. The van der Waals surface area contributed by atoms with Gasteiger partial charge >= 0.3 is 0 Å². The van der Waals surface area contributed by atoms with E-state index in [-0.39, 0.29) is 6.10 Å². The number of nitrogens with one attached hydrogen (secondary N) is 2. The summed E-state index contributed by atoms with van der Waals surface area (Å²) in [5.74, 6) is 1.61. The maximum Gasteiger partial charge on any atom is 0.191 e. The van der Waals surface area contributed by atoms with E-state index < -0.39 is 5.60 Å². The Hall–Kier alpha value is -2.65. The van der Waals surface area contributed by atoms with Crippen LogP contribution in [0.25, 0.3) is 0 Å². The molecule has 0 bridgehead atoms. The van der Waals surface area contributed by atoms with Crippen molar-refractivity contribution in [3.63, 3.8) is 0 Å². The summed E-state index contributed by atoms with van der Waals surface area (Å²) in [5, 5.41) is 21.3. The summed E-state index contributed by atoms with van der Waals surface area (Å²) in [7, 11) is 1.83. The van der Waals surface area contributed by atoms with Gasteiger partial charge in [-0.2, -0.15) is 5.10 Å². The summed E-state index contributed by atoms with van der Waals surface area (Å²) < 4.78 is 7.27. The van der Waals surface area contributed by atoms with Crippen LogP contribution < -0.4 is 15.5 Å². The zero-order valence-corrected chi connectivity index (χ0v) is 18.3. The van der Waals surface area contributed by atoms with Gasteiger partial charge < -0.3 is 25.4 Å². The first-order valence-corrected chi connectivity index (χ1v) is 10.4. The molecule has 3 N–H and O–H groups in total. The smallest absolute Gasteiger partial charge is 0.191 e. The standard InChI is InChI=1S/C21H33N7O2/c1-5-22-20(25-15-21(3,29)18-12-26-27(4)14-18)24-11-17-6-7-19(23-10-17)28-8-9-30-16(2)13-28/h6-7,10,12,14,16,29H,5,8-9,11,13,15H2,1-4H3,(H2,22,24,25). The van der Waals surface area contributed by atoms with Crippen LogP contribution in [0.15, 0.2) is 35.7 Å². The van der Waals surface area contributed by atoms with E-state index in [0.29, 0.717) is 19.0 Å². The van der Waals surface area contributed by atoms with Crippen LogP contribution in [0.4, 0.5) is 5.82 Å². The second kappa shape index (κ2) is 9.90. The third kappa shape index (κ3) is 5.93. The third-order valence-electron chi connectivity index (χ3n) is 5.06. The van der Waals surface area contributed by atoms with Gasteiger partial charge in [0.2, 0.25) is 0 Å². The molecule has 1 saturated heterocycles. The highest BCUT2D eigenvalue weighted by Crippen LogP contribution is 2.18. The first-order valence-electron chi connectivity index (χ1n) is 10.4. The Kier molecular flexibility index (Phi) is 7.28. The number of morpholine rings is 1. The molecule has 2 aromatic heterocycles. The van der Waals surface area contributed by atoms with Crippen LogP contribution in [0.3, 0.4) is 0 Å². The number of nitrogens with zero attached hydrogens (tertiary/aromatic N) is 5. The maximum absolute atomic E-state index is 10.8. The second-order valence-electron chi connectivity index (χ2n) is 7.88. The lowest BCUT2D eigenvalue weighted by molar-refractivity contribution is 0.0529. The Morgan fingerprint density at radius 3 is 2.83 bits per heavy atom. The number of rotatable bonds is 7. The van der Waals surface area contributed by atoms with Crippen molar-refractivity contribution in [2.24, 2.45) is 12.0 Å². The van der Waals surface area contributed by atoms with E-state index in [1.54, 1.807) is 17.8 Å². The van der Waals surface area contributed by atoms with Crippen molar-refractivity contribution in [1.82, 2.24) is 25.4 Å². The lowest BCUT2D eigenvalue weighted by atomic mass is 10.00. The molecule has 2 atom stereocenters. The number of aliphatic imine (C=N–C) groups is 1. The minimum atomic E-state index is -1.05. The topological polar surface area (TPSA) is 99.8 Å². The molecule has 164 valence electrons. The van der Waals surface area contributed by atoms with Crippen molar-refractivity contribution in [2.45, 2.75) is 39.0 Å². The summed E-state index contributed by atoms with van der Waals surface area (Å²) >= 11 is 0. The van der Waals surface area contributed by atoms with Crippen molar-refractivity contribution in [3.8, 4) is 0 Å². The van der Waals surface area contributed by atoms with Crippen LogP contribution in [-0.2, 0) is 23.9 Å². The highest BCUT2D eigenvalue weighted by molar-refractivity contribution is 5.79. The monoisotopic (exact) mass is 415 g/mol. The lowest BCUT2D eigenvalue weighted by Gasteiger charge is -2.32. The molecule has 0 amide bonds. The quantitative estimate of drug-likeness (QED) is 0.458. The number of ether oxygens (including phenoxy) is 1. The molecule has 1 aliphatic rings. The number of aryl methyl sites for hydroxylation is 1. The fourth-order valence-corrected chi connectivity index (χ4v) is 3.29. The van der Waals surface area contributed by atoms with Crippen molar-refractivity contribution in [1.29, 1.82) is 0 Å². The second-order valence-corrected chi connectivity index (χ2v) is 7.88. The van der Waals surface area contributed by atoms with Crippen molar-refractivity contribution in [2.75, 3.05) is 37.7 Å². The molecule has 3 heterocycles. The van der Waals surface area contributed by atoms with E-state index in [0.717, 1.165) is 43.2 Å². The molecule has 0 spiro atoms. The van der Waals surface area contributed by atoms with E-state index in [1.807, 2.05) is 32.4 Å². The average Bonchev–Trinajstić information content (AvgIpc) is 3.18. The molecule has 0 aromatic carbocycles. The maximum atomic E-state index is 10.8. The molecule has 0 aliphatic carbocycles. The summed E-state index contributed by atoms with van der Waals surface area (Å²) in [4.78, 5) is 11.5. The zero-order chi connectivity index (χ0) is 21.6. The third-order valence-corrected chi connectivity index (χ3v) is 5.06. The van der Waals surface area contributed by atoms with Gasteiger partial charge in [0, 0.05) is 44.6 Å². The molecule has 30 heavy (non-hydrogen) atoms. The highest BCUT2D eigenvalue weighted by atomic mass is 16.5. The minimum Gasteiger partial charge on any atom is -0.383 e. The van der Waals surface area contributed by atoms with Gasteiger partial charge in [-0.05, 0) is 32.4 Å². The number of aliphatic hydroxyl groups is 1. The molecular weight excluding hydrogens is 382 g/mol. The average molecular weight is 416 g/mol. The normalized spacial score (nSPS) is 19.4. The van der Waals surface area contributed by atoms with E-state index in [1.165, 1.54) is 0 Å². The number of anilines is 1. The van der Waals surface area contributed by atoms with E-state index in [4.69, 9.17) is 4.74 Å². The van der Waals surface area contributed by atoms with Gasteiger partial charge in [-0.15, -0.1) is 0 Å². The van der Waals surface area contributed by atoms with Gasteiger partial charge in [0.05, 0.1) is 32.0 Å². The summed E-state index contributed by atoms with van der Waals surface area (Å²) in [6, 6.07) is 4.10. The molecule has 3 rings (SSSR count). The Bertz CT molecular complexity index is 832. The van der Waals surface area contributed by atoms with E-state index in [9.17, 15) is 5.11 Å². The first-order chi connectivity index (χ1) is 14.4. The van der Waals surface area contributed by atoms with E-state index >= 15 is 0 Å². The number of guanidine groups is 1. The Morgan fingerprint density at radius 1 is 1.37 bits per heavy atom. The molecule has 9 heteroatoms. The Morgan fingerprint density at radius 2 is 2.20 bits per heavy atom. The van der Waals surface area contributed by atoms with Gasteiger partial charge in [0.25, 0.3) is 0 Å². The van der Waals surface area contributed by atoms with Crippen LogP contribution in [0.2, 0.25) is 0 Å². The fraction of sp³-hybridized carbons (Fsp3) is 0.571. The van der Waals surface area contributed by atoms with Crippen LogP contribution in [-0.4, -0.2) is 64.7 Å². The van der Waals surface area contributed by atoms with Crippen molar-refractivity contribution >= 4 is 11.8 Å². The summed E-state index contributed by atoms with van der Waals surface area (Å²) in [5.41, 5.74) is 0.727. The van der Waals surface area contributed by atoms with E-state index in [2.05, 4.69) is 43.6 Å². The fourth-order valence-electron chi connectivity index (χ4n) is 3.29. The van der Waals surface area contributed by atoms with Crippen LogP contribution in [0.5, 0.6) is 0 Å². The van der Waals surface area contributed by atoms with Gasteiger partial charge in [-0.3, -0.25) is 4.68 Å². The van der Waals surface area contributed by atoms with Crippen LogP contribution in [0.1, 0.15) is 31.9 Å². The predicted octanol–water partition coefficient (Wildman–Crippen LogP) is 1.00. The molecular formula is C21H33N7O2. The molecule has 2 unspecified atom stereocenters. The summed E-state index contributed by atoms with van der Waals surface area (Å²) in [6.45, 7) is 9.84. The van der Waals surface area contributed by atoms with Gasteiger partial charge in [-0.1, -0.05) is 6.07 Å². The van der Waals surface area contributed by atoms with Crippen LogP contribution >= 0.6 is 0 Å². The number of hydrogen-bond acceptors (Lipinski definition) is 6. The molecule has 1 aliphatic heterocycles. The minimum absolute atomic E-state index is 0.224. The largest absolute Gasteiger partial charge is 0.383 e. The van der Waals surface area contributed by atoms with Gasteiger partial charge in [0.1, 0.15) is 11.4 Å². The molecule has 0 saturated carbocycles. The van der Waals surface area contributed by atoms with Crippen LogP contribution in [0, 0.1) is 0 Å². The highest BCUT2D eigenvalue weighted by Gasteiger charge is 2.25. The molecule has 9 nitrogen and oxygen atoms in total. The SMILES string of the molecule is CCNC(=NCc1ccc(N2CCOC(C)C2)nc1)NCC(C)(O)c1cnn(C)c1. The Balaban J connectivity index is 1.58. The van der Waals surface area contributed by atoms with Gasteiger partial charge in [-0.25, -0.2) is 9.98 Å². The number of pyridine rings is 1. The number of hydrogen-bond donors (Lipinski definition) is 3. The van der Waals surface area contributed by atoms with Gasteiger partial charge in [0.15, 0.2) is 5.96 Å². The zero-order valence-electron chi connectivity index (χ0n) is 18.3. The molecule has 2 aromatic rings. The lowest BCUT2D eigenvalue weighted by Crippen LogP contribution is -2.44. The van der Waals surface area contributed by atoms with Crippen molar-refractivity contribution in [3.05, 3.63) is 41.9 Å². The Labute approximate surface area is 178 Å². The van der Waals surface area contributed by atoms with Crippen molar-refractivity contribution < 1.29 is 9.84 Å². The molecule has 1 fully saturated rings. The number of aromatic nitrogens is 3. The predicted molar refractivity (Wildman–Crippen MR) is 117 cm³/mol. The first kappa shape index (κ1) is 22.0. The molecule has 0 radical (unpaired) electrons.